The second-order valence-corrected chi connectivity index (χ2v) is 22.6. The predicted molar refractivity (Wildman–Crippen MR) is 329 cm³/mol. The van der Waals surface area contributed by atoms with Gasteiger partial charge in [0.2, 0.25) is 11.8 Å². The molecule has 0 radical (unpaired) electrons. The lowest BCUT2D eigenvalue weighted by atomic mass is 9.77. The molecule has 534 valence electrons. The molecule has 0 bridgehead atoms. The van der Waals surface area contributed by atoms with Crippen molar-refractivity contribution in [1.29, 1.82) is 0 Å². The number of nitrogens with zero attached hydrogens (tertiary/aromatic N) is 1. The van der Waals surface area contributed by atoms with E-state index in [0.717, 1.165) is 72.8 Å². The van der Waals surface area contributed by atoms with Crippen LogP contribution in [0.4, 0.5) is 92.2 Å². The number of aliphatic hydroxyl groups excluding tert-OH is 2. The van der Waals surface area contributed by atoms with E-state index in [9.17, 15) is 112 Å². The summed E-state index contributed by atoms with van der Waals surface area (Å²) in [6.07, 6.45) is -34.5. The fraction of sp³-hybridized carbons (Fsp3) is 0.219. The van der Waals surface area contributed by atoms with Crippen molar-refractivity contribution in [2.24, 2.45) is 0 Å². The quantitative estimate of drug-likeness (QED) is 0.0508. The summed E-state index contributed by atoms with van der Waals surface area (Å²) in [4.78, 5) is 29.2. The molecule has 9 rings (SSSR count). The van der Waals surface area contributed by atoms with E-state index in [1.807, 2.05) is 0 Å². The van der Waals surface area contributed by atoms with Crippen molar-refractivity contribution >= 4 is 11.8 Å². The highest BCUT2D eigenvalue weighted by Gasteiger charge is 2.47. The topological polar surface area (TPSA) is 103 Å². The number of aliphatic hydroxyl groups is 2. The van der Waals surface area contributed by atoms with E-state index in [1.54, 1.807) is 66.7 Å². The highest BCUT2D eigenvalue weighted by Crippen LogP contribution is 2.44. The van der Waals surface area contributed by atoms with Crippen molar-refractivity contribution in [3.05, 3.63) is 331 Å². The minimum Gasteiger partial charge on any atom is -0.383 e. The molecule has 9 aromatic carbocycles. The Hall–Kier alpha value is -10.1. The van der Waals surface area contributed by atoms with Crippen LogP contribution in [-0.2, 0) is 64.0 Å². The summed E-state index contributed by atoms with van der Waals surface area (Å²) >= 11 is 0. The minimum atomic E-state index is -5.00. The van der Waals surface area contributed by atoms with Crippen LogP contribution in [0.1, 0.15) is 87.0 Å². The van der Waals surface area contributed by atoms with Crippen molar-refractivity contribution in [3.63, 3.8) is 0 Å². The predicted octanol–water partition coefficient (Wildman–Crippen LogP) is 18.8. The highest BCUT2D eigenvalue weighted by molar-refractivity contribution is 5.83. The molecule has 5 atom stereocenters. The van der Waals surface area contributed by atoms with E-state index in [1.165, 1.54) is 36.4 Å². The third-order valence-corrected chi connectivity index (χ3v) is 15.4. The maximum atomic E-state index is 14.5. The largest absolute Gasteiger partial charge is 0.416 e. The first kappa shape index (κ1) is 79.8. The number of alkyl halides is 15. The smallest absolute Gasteiger partial charge is 0.383 e. The second-order valence-electron chi connectivity index (χ2n) is 22.6. The van der Waals surface area contributed by atoms with Gasteiger partial charge >= 0.3 is 30.9 Å². The number of benzene rings is 9. The van der Waals surface area contributed by atoms with Crippen LogP contribution in [0.5, 0.6) is 0 Å². The average molecular weight is 1440 g/mol. The molecule has 0 saturated carbocycles. The van der Waals surface area contributed by atoms with Crippen LogP contribution in [0, 0.1) is 41.5 Å². The third kappa shape index (κ3) is 21.4. The molecule has 0 unspecified atom stereocenters. The number of amides is 2. The molecule has 2 amide bonds. The fourth-order valence-corrected chi connectivity index (χ4v) is 10.8. The molecule has 0 aliphatic carbocycles. The molecule has 0 aliphatic heterocycles. The molecule has 0 heterocycles. The van der Waals surface area contributed by atoms with E-state index >= 15 is 0 Å². The van der Waals surface area contributed by atoms with Gasteiger partial charge < -0.3 is 20.8 Å². The fourth-order valence-electron chi connectivity index (χ4n) is 10.8. The summed E-state index contributed by atoms with van der Waals surface area (Å²) in [5.74, 6) is -8.91. The number of hydrogen-bond acceptors (Lipinski definition) is 4. The zero-order valence-electron chi connectivity index (χ0n) is 51.1. The summed E-state index contributed by atoms with van der Waals surface area (Å²) in [6, 6.07) is 42.4. The molecular weight excluding hydrogens is 1380 g/mol. The zero-order valence-corrected chi connectivity index (χ0v) is 51.1. The van der Waals surface area contributed by atoms with Crippen LogP contribution in [0.3, 0.4) is 0 Å². The van der Waals surface area contributed by atoms with Crippen molar-refractivity contribution in [2.75, 3.05) is 0 Å². The Balaban J connectivity index is 0.000000239. The number of halogens is 21. The SMILES string of the molecule is C.O=C(N[C@@](Cc1ccccc1)(c1ccc(F)cc1)c1cc(F)cc(C(F)(F)F)c1)[C@@H](O)CC(F)(F)F.O=C(N[C@@](Cc1ccccc1)(c1ccc(F)cc1)c1cc(F)cc(C(F)(F)F)c1)[C@H](O)CC(F)(F)F.[C-]#[N+][C@@](Cc1ccccc1)(c1ccc(F)cc1)c1cc(F)cc(C(F)(F)F)c1. The number of carbonyl (C=O) groups excluding carboxylic acids is 2. The molecule has 101 heavy (non-hydrogen) atoms. The summed E-state index contributed by atoms with van der Waals surface area (Å²) < 4.78 is 282. The van der Waals surface area contributed by atoms with Crippen molar-refractivity contribution in [1.82, 2.24) is 10.6 Å². The zero-order chi connectivity index (χ0) is 73.8. The van der Waals surface area contributed by atoms with Gasteiger partial charge in [-0.15, -0.1) is 0 Å². The van der Waals surface area contributed by atoms with Gasteiger partial charge in [0.1, 0.15) is 47.1 Å². The van der Waals surface area contributed by atoms with E-state index in [-0.39, 0.29) is 61.1 Å². The molecule has 0 saturated heterocycles. The number of carbonyl (C=O) groups is 2. The van der Waals surface area contributed by atoms with Gasteiger partial charge in [-0.3, -0.25) is 14.4 Å². The van der Waals surface area contributed by atoms with Gasteiger partial charge in [0.05, 0.1) is 47.0 Å². The monoisotopic (exact) mass is 1440 g/mol. The lowest BCUT2D eigenvalue weighted by Gasteiger charge is -2.37. The number of rotatable bonds is 18. The Morgan fingerprint density at radius 2 is 0.594 bits per heavy atom. The molecule has 0 aromatic heterocycles. The summed E-state index contributed by atoms with van der Waals surface area (Å²) in [6.45, 7) is 7.81. The minimum absolute atomic E-state index is 0. The van der Waals surface area contributed by atoms with Crippen molar-refractivity contribution in [3.8, 4) is 0 Å². The van der Waals surface area contributed by atoms with Crippen LogP contribution in [0.15, 0.2) is 218 Å². The molecule has 0 aliphatic rings. The summed E-state index contributed by atoms with van der Waals surface area (Å²) in [5, 5.41) is 24.3. The first-order valence-corrected chi connectivity index (χ1v) is 29.2. The van der Waals surface area contributed by atoms with Gasteiger partial charge in [0.25, 0.3) is 5.54 Å². The summed E-state index contributed by atoms with van der Waals surface area (Å²) in [7, 11) is 0. The first-order chi connectivity index (χ1) is 46.6. The van der Waals surface area contributed by atoms with E-state index in [2.05, 4.69) is 15.5 Å². The molecule has 0 spiro atoms. The van der Waals surface area contributed by atoms with Crippen molar-refractivity contribution < 1.29 is 112 Å². The van der Waals surface area contributed by atoms with Crippen LogP contribution >= 0.6 is 0 Å². The van der Waals surface area contributed by atoms with E-state index in [0.29, 0.717) is 47.0 Å². The van der Waals surface area contributed by atoms with Crippen LogP contribution in [0.2, 0.25) is 0 Å². The standard InChI is InChI=1S/2C25H19F8NO2.C22H14F5N.CH4/c2*26-19-8-6-16(7-9-19)23(13-15-4-2-1-3-5-15,34-22(36)21(35)14-24(28,29)30)17-10-18(25(31,32)33)12-20(27)11-17;1-28-21(14-15-5-3-2-4-6-15,16-7-9-19(23)10-8-16)17-11-18(22(25,26)27)13-20(24)12-17;/h2*1-12,21,35H,13-14H2,(H,34,36);2-13H,14H2;1H4/t21-,23+;21-,23-;21-;/m100./s1. The van der Waals surface area contributed by atoms with Gasteiger partial charge in [0.15, 0.2) is 0 Å². The van der Waals surface area contributed by atoms with Crippen LogP contribution < -0.4 is 10.6 Å². The Bertz CT molecular complexity index is 4070. The first-order valence-electron chi connectivity index (χ1n) is 29.2. The molecule has 4 N–H and O–H groups in total. The van der Waals surface area contributed by atoms with Crippen LogP contribution in [0.25, 0.3) is 4.85 Å². The lowest BCUT2D eigenvalue weighted by Crippen LogP contribution is -2.52. The lowest BCUT2D eigenvalue weighted by molar-refractivity contribution is -0.164. The number of nitrogens with one attached hydrogen (secondary N) is 2. The molecule has 28 heteroatoms. The number of hydrogen-bond donors (Lipinski definition) is 4. The Kier molecular flexibility index (Phi) is 25.7. The van der Waals surface area contributed by atoms with Gasteiger partial charge in [-0.05, 0) is 142 Å². The van der Waals surface area contributed by atoms with Crippen LogP contribution in [-0.4, -0.2) is 46.6 Å². The van der Waals surface area contributed by atoms with Gasteiger partial charge in [-0.2, -0.15) is 65.9 Å². The second kappa shape index (κ2) is 32.5. The maximum Gasteiger partial charge on any atom is 0.416 e. The van der Waals surface area contributed by atoms with Gasteiger partial charge in [-0.25, -0.2) is 32.9 Å². The Labute approximate surface area is 563 Å². The Morgan fingerprint density at radius 3 is 0.871 bits per heavy atom. The molecule has 9 aromatic rings. The maximum absolute atomic E-state index is 14.5. The molecule has 0 fully saturated rings. The van der Waals surface area contributed by atoms with Gasteiger partial charge in [-0.1, -0.05) is 123 Å². The molecular formula is C73H56F21N3O4. The third-order valence-electron chi connectivity index (χ3n) is 15.4. The Morgan fingerprint density at radius 1 is 0.337 bits per heavy atom. The average Bonchev–Trinajstić information content (AvgIpc) is 0.771. The van der Waals surface area contributed by atoms with E-state index < -0.39 is 147 Å². The van der Waals surface area contributed by atoms with Crippen molar-refractivity contribution in [2.45, 2.75) is 99.2 Å². The normalized spacial score (nSPS) is 14.2. The highest BCUT2D eigenvalue weighted by atomic mass is 19.4. The van der Waals surface area contributed by atoms with Gasteiger partial charge in [0, 0.05) is 24.0 Å². The summed E-state index contributed by atoms with van der Waals surface area (Å²) in [5.41, 5.74) is -9.34. The van der Waals surface area contributed by atoms with E-state index in [4.69, 9.17) is 6.57 Å². The molecule has 7 nitrogen and oxygen atoms in total.